The van der Waals surface area contributed by atoms with E-state index in [9.17, 15) is 0 Å². The summed E-state index contributed by atoms with van der Waals surface area (Å²) in [5, 5.41) is 7.45. The van der Waals surface area contributed by atoms with Crippen LogP contribution in [-0.2, 0) is 6.54 Å². The Labute approximate surface area is 123 Å². The molecule has 0 radical (unpaired) electrons. The second-order valence-corrected chi connectivity index (χ2v) is 5.00. The van der Waals surface area contributed by atoms with Crippen molar-refractivity contribution in [2.75, 3.05) is 5.32 Å². The number of thiocarbonyl (C=S) groups is 1. The molecule has 0 aliphatic heterocycles. The van der Waals surface area contributed by atoms with Crippen LogP contribution in [0.1, 0.15) is 11.1 Å². The topological polar surface area (TPSA) is 37.0 Å². The van der Waals surface area contributed by atoms with Crippen molar-refractivity contribution in [1.29, 1.82) is 0 Å². The lowest BCUT2D eigenvalue weighted by Crippen LogP contribution is -2.28. The zero-order chi connectivity index (χ0) is 13.7. The van der Waals surface area contributed by atoms with Gasteiger partial charge in [-0.05, 0) is 54.5 Å². The monoisotopic (exact) mass is 291 g/mol. The third kappa shape index (κ3) is 4.50. The first-order valence-corrected chi connectivity index (χ1v) is 6.64. The molecule has 19 heavy (non-hydrogen) atoms. The Hall–Kier alpha value is -1.65. The predicted molar refractivity (Wildman–Crippen MR) is 83.5 cm³/mol. The fraction of sp³-hybridized carbons (Fsp3) is 0.143. The number of pyridine rings is 1. The van der Waals surface area contributed by atoms with Crippen LogP contribution in [0.5, 0.6) is 0 Å². The number of nitrogens with zero attached hydrogens (tertiary/aromatic N) is 1. The normalized spacial score (nSPS) is 10.0. The summed E-state index contributed by atoms with van der Waals surface area (Å²) in [6.07, 6.45) is 1.75. The minimum atomic E-state index is 0.549. The largest absolute Gasteiger partial charge is 0.358 e. The van der Waals surface area contributed by atoms with E-state index in [2.05, 4.69) is 15.6 Å². The molecule has 0 amide bonds. The quantitative estimate of drug-likeness (QED) is 0.848. The summed E-state index contributed by atoms with van der Waals surface area (Å²) in [5.74, 6) is 0.744. The number of anilines is 1. The molecular formula is C14H14ClN3S. The SMILES string of the molecule is Cc1ccnc(NC(=S)NCc2ccc(Cl)cc2)c1. The highest BCUT2D eigenvalue weighted by molar-refractivity contribution is 7.80. The van der Waals surface area contributed by atoms with Gasteiger partial charge in [-0.25, -0.2) is 4.98 Å². The Morgan fingerprint density at radius 2 is 2.00 bits per heavy atom. The minimum absolute atomic E-state index is 0.549. The molecular weight excluding hydrogens is 278 g/mol. The Kier molecular flexibility index (Phi) is 4.71. The van der Waals surface area contributed by atoms with E-state index in [1.807, 2.05) is 43.3 Å². The standard InChI is InChI=1S/C14H14ClN3S/c1-10-6-7-16-13(8-10)18-14(19)17-9-11-2-4-12(15)5-3-11/h2-8H,9H2,1H3,(H2,16,17,18,19). The average molecular weight is 292 g/mol. The summed E-state index contributed by atoms with van der Waals surface area (Å²) < 4.78 is 0. The number of hydrogen-bond donors (Lipinski definition) is 2. The van der Waals surface area contributed by atoms with E-state index in [4.69, 9.17) is 23.8 Å². The molecule has 0 bridgehead atoms. The molecule has 0 saturated carbocycles. The van der Waals surface area contributed by atoms with E-state index in [1.165, 1.54) is 0 Å². The number of benzene rings is 1. The first-order chi connectivity index (χ1) is 9.13. The van der Waals surface area contributed by atoms with Crippen molar-refractivity contribution < 1.29 is 0 Å². The van der Waals surface area contributed by atoms with Crippen LogP contribution in [0.4, 0.5) is 5.82 Å². The molecule has 0 atom stereocenters. The molecule has 2 N–H and O–H groups in total. The van der Waals surface area contributed by atoms with Crippen LogP contribution < -0.4 is 10.6 Å². The third-order valence-electron chi connectivity index (χ3n) is 2.52. The number of nitrogens with one attached hydrogen (secondary N) is 2. The average Bonchev–Trinajstić information content (AvgIpc) is 2.38. The molecule has 5 heteroatoms. The van der Waals surface area contributed by atoms with Crippen LogP contribution in [0.3, 0.4) is 0 Å². The molecule has 1 aromatic carbocycles. The molecule has 3 nitrogen and oxygen atoms in total. The van der Waals surface area contributed by atoms with Crippen molar-refractivity contribution in [3.8, 4) is 0 Å². The van der Waals surface area contributed by atoms with Gasteiger partial charge in [-0.1, -0.05) is 23.7 Å². The molecule has 1 aromatic heterocycles. The number of hydrogen-bond acceptors (Lipinski definition) is 2. The van der Waals surface area contributed by atoms with Gasteiger partial charge in [0.05, 0.1) is 0 Å². The summed E-state index contributed by atoms with van der Waals surface area (Å²) in [4.78, 5) is 4.19. The summed E-state index contributed by atoms with van der Waals surface area (Å²) >= 11 is 11.0. The van der Waals surface area contributed by atoms with Crippen LogP contribution >= 0.6 is 23.8 Å². The van der Waals surface area contributed by atoms with Gasteiger partial charge >= 0.3 is 0 Å². The lowest BCUT2D eigenvalue weighted by Gasteiger charge is -2.10. The highest BCUT2D eigenvalue weighted by atomic mass is 35.5. The molecule has 98 valence electrons. The summed E-state index contributed by atoms with van der Waals surface area (Å²) in [6.45, 7) is 2.66. The van der Waals surface area contributed by atoms with Crippen molar-refractivity contribution in [3.05, 3.63) is 58.7 Å². The molecule has 2 rings (SSSR count). The van der Waals surface area contributed by atoms with Gasteiger partial charge in [-0.15, -0.1) is 0 Å². The summed E-state index contributed by atoms with van der Waals surface area (Å²) in [7, 11) is 0. The van der Waals surface area contributed by atoms with Crippen LogP contribution in [0.2, 0.25) is 5.02 Å². The van der Waals surface area contributed by atoms with Crippen molar-refractivity contribution in [2.24, 2.45) is 0 Å². The fourth-order valence-corrected chi connectivity index (χ4v) is 1.85. The second-order valence-electron chi connectivity index (χ2n) is 4.15. The third-order valence-corrected chi connectivity index (χ3v) is 3.02. The Bertz CT molecular complexity index is 569. The molecule has 0 spiro atoms. The maximum atomic E-state index is 5.83. The molecule has 0 fully saturated rings. The minimum Gasteiger partial charge on any atom is -0.358 e. The van der Waals surface area contributed by atoms with Gasteiger partial charge in [0.1, 0.15) is 5.82 Å². The molecule has 0 aliphatic rings. The fourth-order valence-electron chi connectivity index (χ4n) is 1.55. The molecule has 0 unspecified atom stereocenters. The first kappa shape index (κ1) is 13.8. The Balaban J connectivity index is 1.86. The molecule has 2 aromatic rings. The van der Waals surface area contributed by atoms with E-state index >= 15 is 0 Å². The number of aryl methyl sites for hydroxylation is 1. The van der Waals surface area contributed by atoms with E-state index in [1.54, 1.807) is 6.20 Å². The lowest BCUT2D eigenvalue weighted by molar-refractivity contribution is 0.925. The maximum absolute atomic E-state index is 5.83. The number of halogens is 1. The Morgan fingerprint density at radius 1 is 1.26 bits per heavy atom. The summed E-state index contributed by atoms with van der Waals surface area (Å²) in [6, 6.07) is 11.5. The first-order valence-electron chi connectivity index (χ1n) is 5.85. The highest BCUT2D eigenvalue weighted by Crippen LogP contribution is 2.09. The van der Waals surface area contributed by atoms with Crippen molar-refractivity contribution in [1.82, 2.24) is 10.3 Å². The van der Waals surface area contributed by atoms with E-state index in [-0.39, 0.29) is 0 Å². The van der Waals surface area contributed by atoms with Gasteiger partial charge < -0.3 is 10.6 Å². The van der Waals surface area contributed by atoms with Gasteiger partial charge in [-0.3, -0.25) is 0 Å². The van der Waals surface area contributed by atoms with E-state index < -0.39 is 0 Å². The van der Waals surface area contributed by atoms with Crippen LogP contribution in [0.15, 0.2) is 42.6 Å². The smallest absolute Gasteiger partial charge is 0.172 e. The maximum Gasteiger partial charge on any atom is 0.172 e. The van der Waals surface area contributed by atoms with Crippen LogP contribution in [-0.4, -0.2) is 10.1 Å². The number of aromatic nitrogens is 1. The van der Waals surface area contributed by atoms with E-state index in [0.29, 0.717) is 11.7 Å². The lowest BCUT2D eigenvalue weighted by atomic mass is 10.2. The predicted octanol–water partition coefficient (Wildman–Crippen LogP) is 3.53. The Morgan fingerprint density at radius 3 is 2.68 bits per heavy atom. The van der Waals surface area contributed by atoms with Crippen LogP contribution in [0.25, 0.3) is 0 Å². The highest BCUT2D eigenvalue weighted by Gasteiger charge is 1.99. The number of rotatable bonds is 3. The van der Waals surface area contributed by atoms with Gasteiger partial charge in [0.2, 0.25) is 0 Å². The van der Waals surface area contributed by atoms with E-state index in [0.717, 1.165) is 22.0 Å². The van der Waals surface area contributed by atoms with Crippen molar-refractivity contribution in [2.45, 2.75) is 13.5 Å². The van der Waals surface area contributed by atoms with Gasteiger partial charge in [0.25, 0.3) is 0 Å². The zero-order valence-electron chi connectivity index (χ0n) is 10.5. The molecule has 0 aliphatic carbocycles. The zero-order valence-corrected chi connectivity index (χ0v) is 12.1. The molecule has 1 heterocycles. The van der Waals surface area contributed by atoms with Crippen molar-refractivity contribution in [3.63, 3.8) is 0 Å². The van der Waals surface area contributed by atoms with Crippen molar-refractivity contribution >= 4 is 34.7 Å². The van der Waals surface area contributed by atoms with Gasteiger partial charge in [0.15, 0.2) is 5.11 Å². The van der Waals surface area contributed by atoms with Gasteiger partial charge in [-0.2, -0.15) is 0 Å². The second kappa shape index (κ2) is 6.50. The molecule has 0 saturated heterocycles. The summed E-state index contributed by atoms with van der Waals surface area (Å²) in [5.41, 5.74) is 2.25. The van der Waals surface area contributed by atoms with Gasteiger partial charge in [0, 0.05) is 17.8 Å². The van der Waals surface area contributed by atoms with Crippen LogP contribution in [0, 0.1) is 6.92 Å².